The summed E-state index contributed by atoms with van der Waals surface area (Å²) in [4.78, 5) is 28.5. The molecule has 1 heterocycles. The fourth-order valence-corrected chi connectivity index (χ4v) is 7.54. The highest BCUT2D eigenvalue weighted by Gasteiger charge is 2.54. The number of nitrogens with one attached hydrogen (secondary N) is 1. The van der Waals surface area contributed by atoms with Crippen molar-refractivity contribution in [3.63, 3.8) is 0 Å². The second kappa shape index (κ2) is 7.36. The van der Waals surface area contributed by atoms with Gasteiger partial charge in [-0.3, -0.25) is 9.59 Å². The summed E-state index contributed by atoms with van der Waals surface area (Å²) in [6.07, 6.45) is 9.14. The van der Waals surface area contributed by atoms with Crippen molar-refractivity contribution in [2.45, 2.75) is 57.4 Å². The van der Waals surface area contributed by atoms with E-state index in [1.807, 2.05) is 35.2 Å². The molecule has 1 saturated heterocycles. The summed E-state index contributed by atoms with van der Waals surface area (Å²) in [5, 5.41) is 5.55. The molecule has 1 N–H and O–H groups in total. The third-order valence-corrected chi connectivity index (χ3v) is 8.66. The number of amides is 2. The highest BCUT2D eigenvalue weighted by molar-refractivity contribution is 6.07. The Kier molecular flexibility index (Phi) is 4.59. The van der Waals surface area contributed by atoms with Crippen LogP contribution in [0.15, 0.2) is 42.5 Å². The van der Waals surface area contributed by atoms with Crippen LogP contribution in [0.25, 0.3) is 10.8 Å². The maximum absolute atomic E-state index is 13.4. The maximum Gasteiger partial charge on any atom is 0.254 e. The van der Waals surface area contributed by atoms with Crippen LogP contribution in [-0.4, -0.2) is 35.8 Å². The number of fused-ring (bicyclic) bond motifs is 1. The topological polar surface area (TPSA) is 49.4 Å². The first-order valence-corrected chi connectivity index (χ1v) is 12.2. The van der Waals surface area contributed by atoms with Crippen molar-refractivity contribution in [1.29, 1.82) is 0 Å². The predicted octanol–water partition coefficient (Wildman–Crippen LogP) is 4.78. The fourth-order valence-electron chi connectivity index (χ4n) is 7.54. The molecule has 4 aliphatic carbocycles. The van der Waals surface area contributed by atoms with Gasteiger partial charge in [0.1, 0.15) is 0 Å². The van der Waals surface area contributed by atoms with E-state index in [0.717, 1.165) is 66.2 Å². The van der Waals surface area contributed by atoms with Gasteiger partial charge in [-0.25, -0.2) is 0 Å². The third-order valence-electron chi connectivity index (χ3n) is 8.66. The molecule has 1 aliphatic heterocycles. The summed E-state index contributed by atoms with van der Waals surface area (Å²) < 4.78 is 0. The number of carbonyl (C=O) groups excluding carboxylic acids is 2. The Bertz CT molecular complexity index is 980. The Labute approximate surface area is 184 Å². The summed E-state index contributed by atoms with van der Waals surface area (Å²) >= 11 is 0. The number of nitrogens with zero attached hydrogens (tertiary/aromatic N) is 1. The summed E-state index contributed by atoms with van der Waals surface area (Å²) in [5.74, 6) is 2.81. The Balaban J connectivity index is 1.10. The lowest BCUT2D eigenvalue weighted by Crippen LogP contribution is -2.56. The van der Waals surface area contributed by atoms with Crippen LogP contribution in [0.3, 0.4) is 0 Å². The van der Waals surface area contributed by atoms with E-state index in [4.69, 9.17) is 0 Å². The minimum absolute atomic E-state index is 0.0787. The van der Waals surface area contributed by atoms with Gasteiger partial charge in [0.05, 0.1) is 0 Å². The second-order valence-corrected chi connectivity index (χ2v) is 10.8. The molecule has 4 nitrogen and oxygen atoms in total. The molecule has 2 amide bonds. The molecule has 0 spiro atoms. The van der Waals surface area contributed by atoms with Crippen molar-refractivity contribution in [3.05, 3.63) is 48.0 Å². The number of hydrogen-bond acceptors (Lipinski definition) is 2. The van der Waals surface area contributed by atoms with Crippen molar-refractivity contribution in [3.8, 4) is 0 Å². The monoisotopic (exact) mass is 416 g/mol. The standard InChI is InChI=1S/C27H32N2O2/c30-25(24-7-3-5-21-4-1-2-6-23(21)24)29-10-8-22(9-11-29)28-26(31)27-15-18-12-19(16-27)14-20(13-18)17-27/h1-7,18-20,22H,8-17H2,(H,28,31). The quantitative estimate of drug-likeness (QED) is 0.783. The van der Waals surface area contributed by atoms with Crippen LogP contribution in [0.5, 0.6) is 0 Å². The molecule has 5 fully saturated rings. The molecule has 4 heteroatoms. The van der Waals surface area contributed by atoms with E-state index in [1.165, 1.54) is 19.3 Å². The average Bonchev–Trinajstić information content (AvgIpc) is 2.78. The predicted molar refractivity (Wildman–Crippen MR) is 122 cm³/mol. The number of likely N-dealkylation sites (tertiary alicyclic amines) is 1. The van der Waals surface area contributed by atoms with Crippen molar-refractivity contribution in [1.82, 2.24) is 10.2 Å². The molecule has 31 heavy (non-hydrogen) atoms. The lowest BCUT2D eigenvalue weighted by Gasteiger charge is -2.56. The summed E-state index contributed by atoms with van der Waals surface area (Å²) in [5.41, 5.74) is 0.708. The Morgan fingerprint density at radius 2 is 1.45 bits per heavy atom. The first-order chi connectivity index (χ1) is 15.1. The molecule has 4 bridgehead atoms. The zero-order valence-electron chi connectivity index (χ0n) is 18.2. The number of carbonyl (C=O) groups is 2. The number of hydrogen-bond donors (Lipinski definition) is 1. The van der Waals surface area contributed by atoms with E-state index in [2.05, 4.69) is 17.4 Å². The van der Waals surface area contributed by atoms with Crippen molar-refractivity contribution < 1.29 is 9.59 Å². The Morgan fingerprint density at radius 3 is 2.13 bits per heavy atom. The summed E-state index contributed by atoms with van der Waals surface area (Å²) in [6, 6.07) is 14.2. The zero-order chi connectivity index (χ0) is 21.0. The number of piperidine rings is 1. The van der Waals surface area contributed by atoms with Gasteiger partial charge in [0, 0.05) is 30.1 Å². The molecule has 7 rings (SSSR count). The molecule has 0 radical (unpaired) electrons. The van der Waals surface area contributed by atoms with E-state index in [0.29, 0.717) is 19.0 Å². The molecule has 0 unspecified atom stereocenters. The van der Waals surface area contributed by atoms with Crippen LogP contribution < -0.4 is 5.32 Å². The molecule has 5 aliphatic rings. The molecular weight excluding hydrogens is 384 g/mol. The maximum atomic E-state index is 13.4. The zero-order valence-corrected chi connectivity index (χ0v) is 18.2. The average molecular weight is 417 g/mol. The normalized spacial score (nSPS) is 32.4. The van der Waals surface area contributed by atoms with E-state index in [1.54, 1.807) is 0 Å². The molecule has 0 aromatic heterocycles. The van der Waals surface area contributed by atoms with Gasteiger partial charge >= 0.3 is 0 Å². The SMILES string of the molecule is O=C(c1cccc2ccccc12)N1CCC(NC(=O)C23CC4CC(CC(C4)C2)C3)CC1. The Morgan fingerprint density at radius 1 is 0.839 bits per heavy atom. The number of rotatable bonds is 3. The minimum atomic E-state index is -0.0787. The fraction of sp³-hybridized carbons (Fsp3) is 0.556. The molecule has 162 valence electrons. The van der Waals surface area contributed by atoms with Gasteiger partial charge in [-0.1, -0.05) is 36.4 Å². The van der Waals surface area contributed by atoms with Gasteiger partial charge in [-0.05, 0) is 86.0 Å². The first kappa shape index (κ1) is 19.3. The van der Waals surface area contributed by atoms with Gasteiger partial charge in [0.2, 0.25) is 5.91 Å². The van der Waals surface area contributed by atoms with Gasteiger partial charge < -0.3 is 10.2 Å². The van der Waals surface area contributed by atoms with Gasteiger partial charge in [-0.15, -0.1) is 0 Å². The van der Waals surface area contributed by atoms with E-state index in [9.17, 15) is 9.59 Å². The Hall–Kier alpha value is -2.36. The van der Waals surface area contributed by atoms with Crippen LogP contribution in [-0.2, 0) is 4.79 Å². The van der Waals surface area contributed by atoms with Crippen LogP contribution >= 0.6 is 0 Å². The van der Waals surface area contributed by atoms with Gasteiger partial charge in [0.15, 0.2) is 0 Å². The van der Waals surface area contributed by atoms with Crippen LogP contribution in [0.4, 0.5) is 0 Å². The third kappa shape index (κ3) is 3.35. The second-order valence-electron chi connectivity index (χ2n) is 10.8. The summed E-state index contributed by atoms with van der Waals surface area (Å²) in [6.45, 7) is 1.43. The van der Waals surface area contributed by atoms with Crippen LogP contribution in [0.1, 0.15) is 61.7 Å². The molecule has 2 aromatic carbocycles. The van der Waals surface area contributed by atoms with Crippen LogP contribution in [0.2, 0.25) is 0 Å². The van der Waals surface area contributed by atoms with E-state index < -0.39 is 0 Å². The minimum Gasteiger partial charge on any atom is -0.353 e. The molecular formula is C27H32N2O2. The molecule has 0 atom stereocenters. The lowest BCUT2D eigenvalue weighted by molar-refractivity contribution is -0.147. The number of benzene rings is 2. The smallest absolute Gasteiger partial charge is 0.254 e. The highest BCUT2D eigenvalue weighted by Crippen LogP contribution is 2.60. The van der Waals surface area contributed by atoms with E-state index in [-0.39, 0.29) is 17.4 Å². The van der Waals surface area contributed by atoms with E-state index >= 15 is 0 Å². The van der Waals surface area contributed by atoms with Crippen molar-refractivity contribution >= 4 is 22.6 Å². The van der Waals surface area contributed by atoms with Crippen molar-refractivity contribution in [2.75, 3.05) is 13.1 Å². The van der Waals surface area contributed by atoms with Crippen LogP contribution in [0, 0.1) is 23.2 Å². The highest BCUT2D eigenvalue weighted by atomic mass is 16.2. The van der Waals surface area contributed by atoms with Crippen molar-refractivity contribution in [2.24, 2.45) is 23.2 Å². The molecule has 2 aromatic rings. The first-order valence-electron chi connectivity index (χ1n) is 12.2. The molecule has 4 saturated carbocycles. The summed E-state index contributed by atoms with van der Waals surface area (Å²) in [7, 11) is 0. The van der Waals surface area contributed by atoms with Gasteiger partial charge in [-0.2, -0.15) is 0 Å². The lowest BCUT2D eigenvalue weighted by atomic mass is 9.49. The largest absolute Gasteiger partial charge is 0.353 e. The van der Waals surface area contributed by atoms with Gasteiger partial charge in [0.25, 0.3) is 5.91 Å².